The Balaban J connectivity index is 2.63. The van der Waals surface area contributed by atoms with Gasteiger partial charge in [-0.25, -0.2) is 4.39 Å². The molecule has 0 aliphatic rings. The maximum atomic E-state index is 13.0. The summed E-state index contributed by atoms with van der Waals surface area (Å²) in [6, 6.07) is 4.86. The Morgan fingerprint density at radius 3 is 2.47 bits per heavy atom. The number of anilines is 2. The molecular formula is C12H19FN2. The average molecular weight is 210 g/mol. The van der Waals surface area contributed by atoms with Crippen LogP contribution in [0, 0.1) is 11.7 Å². The van der Waals surface area contributed by atoms with E-state index in [0.717, 1.165) is 12.1 Å². The molecule has 1 aromatic rings. The lowest BCUT2D eigenvalue weighted by molar-refractivity contribution is 0.539. The van der Waals surface area contributed by atoms with E-state index < -0.39 is 0 Å². The molecule has 1 rings (SSSR count). The second-order valence-electron chi connectivity index (χ2n) is 4.45. The first-order valence-electron chi connectivity index (χ1n) is 5.30. The van der Waals surface area contributed by atoms with Gasteiger partial charge in [0, 0.05) is 17.4 Å². The fourth-order valence-electron chi connectivity index (χ4n) is 1.75. The quantitative estimate of drug-likeness (QED) is 0.749. The summed E-state index contributed by atoms with van der Waals surface area (Å²) < 4.78 is 13.0. The van der Waals surface area contributed by atoms with E-state index in [4.69, 9.17) is 5.73 Å². The number of nitrogen functional groups attached to an aromatic ring is 1. The molecule has 1 aromatic carbocycles. The molecule has 84 valence electrons. The van der Waals surface area contributed by atoms with Gasteiger partial charge in [-0.15, -0.1) is 0 Å². The maximum Gasteiger partial charge on any atom is 0.127 e. The van der Waals surface area contributed by atoms with Crippen molar-refractivity contribution in [2.24, 2.45) is 5.92 Å². The van der Waals surface area contributed by atoms with Crippen molar-refractivity contribution >= 4 is 11.4 Å². The monoisotopic (exact) mass is 210 g/mol. The minimum Gasteiger partial charge on any atom is -0.399 e. The largest absolute Gasteiger partial charge is 0.399 e. The third-order valence-corrected chi connectivity index (χ3v) is 2.16. The molecule has 3 heteroatoms. The normalized spacial score (nSPS) is 12.9. The minimum absolute atomic E-state index is 0.297. The standard InChI is InChI=1S/C12H19FN2/c1-8(2)4-9(3)15-12-6-10(13)5-11(14)7-12/h5-9,15H,4,14H2,1-3H3. The zero-order chi connectivity index (χ0) is 11.4. The van der Waals surface area contributed by atoms with E-state index in [1.165, 1.54) is 12.1 Å². The fourth-order valence-corrected chi connectivity index (χ4v) is 1.75. The second-order valence-corrected chi connectivity index (χ2v) is 4.45. The lowest BCUT2D eigenvalue weighted by Crippen LogP contribution is -2.17. The molecule has 0 spiro atoms. The highest BCUT2D eigenvalue weighted by molar-refractivity contribution is 5.55. The minimum atomic E-state index is -0.297. The Morgan fingerprint density at radius 2 is 1.93 bits per heavy atom. The van der Waals surface area contributed by atoms with Crippen molar-refractivity contribution < 1.29 is 4.39 Å². The molecule has 0 fully saturated rings. The Hall–Kier alpha value is -1.25. The summed E-state index contributed by atoms with van der Waals surface area (Å²) >= 11 is 0. The van der Waals surface area contributed by atoms with Gasteiger partial charge in [-0.1, -0.05) is 13.8 Å². The zero-order valence-corrected chi connectivity index (χ0v) is 9.55. The van der Waals surface area contributed by atoms with E-state index in [-0.39, 0.29) is 5.82 Å². The smallest absolute Gasteiger partial charge is 0.127 e. The number of nitrogens with two attached hydrogens (primary N) is 1. The zero-order valence-electron chi connectivity index (χ0n) is 9.55. The first kappa shape index (κ1) is 11.8. The molecule has 3 N–H and O–H groups in total. The summed E-state index contributed by atoms with van der Waals surface area (Å²) in [4.78, 5) is 0. The van der Waals surface area contributed by atoms with E-state index in [1.54, 1.807) is 6.07 Å². The van der Waals surface area contributed by atoms with Crippen molar-refractivity contribution in [3.63, 3.8) is 0 Å². The molecule has 0 bridgehead atoms. The van der Waals surface area contributed by atoms with E-state index >= 15 is 0 Å². The molecular weight excluding hydrogens is 191 g/mol. The van der Waals surface area contributed by atoms with Gasteiger partial charge in [0.05, 0.1) is 0 Å². The predicted molar refractivity (Wildman–Crippen MR) is 63.4 cm³/mol. The van der Waals surface area contributed by atoms with Crippen LogP contribution < -0.4 is 11.1 Å². The molecule has 0 saturated carbocycles. The summed E-state index contributed by atoms with van der Waals surface area (Å²) in [6.45, 7) is 6.41. The van der Waals surface area contributed by atoms with Crippen LogP contribution in [0.1, 0.15) is 27.2 Å². The Bertz CT molecular complexity index is 303. The summed E-state index contributed by atoms with van der Waals surface area (Å²) in [5.41, 5.74) is 6.76. The van der Waals surface area contributed by atoms with E-state index in [1.807, 2.05) is 0 Å². The van der Waals surface area contributed by atoms with Crippen molar-refractivity contribution in [3.05, 3.63) is 24.0 Å². The summed E-state index contributed by atoms with van der Waals surface area (Å²) in [7, 11) is 0. The molecule has 0 aliphatic carbocycles. The number of hydrogen-bond donors (Lipinski definition) is 2. The molecule has 1 atom stereocenters. The SMILES string of the molecule is CC(C)CC(C)Nc1cc(N)cc(F)c1. The lowest BCUT2D eigenvalue weighted by Gasteiger charge is -2.17. The van der Waals surface area contributed by atoms with Crippen molar-refractivity contribution in [3.8, 4) is 0 Å². The number of nitrogens with one attached hydrogen (secondary N) is 1. The van der Waals surface area contributed by atoms with Crippen molar-refractivity contribution in [1.82, 2.24) is 0 Å². The first-order valence-corrected chi connectivity index (χ1v) is 5.30. The topological polar surface area (TPSA) is 38.0 Å². The molecule has 0 amide bonds. The van der Waals surface area contributed by atoms with Crippen molar-refractivity contribution in [1.29, 1.82) is 0 Å². The van der Waals surface area contributed by atoms with E-state index in [9.17, 15) is 4.39 Å². The Kier molecular flexibility index (Phi) is 3.95. The summed E-state index contributed by atoms with van der Waals surface area (Å²) in [5.74, 6) is 0.327. The Labute approximate surface area is 90.7 Å². The van der Waals surface area contributed by atoms with Gasteiger partial charge >= 0.3 is 0 Å². The number of benzene rings is 1. The van der Waals surface area contributed by atoms with Gasteiger partial charge in [0.2, 0.25) is 0 Å². The maximum absolute atomic E-state index is 13.0. The molecule has 0 saturated heterocycles. The highest BCUT2D eigenvalue weighted by Crippen LogP contribution is 2.18. The second kappa shape index (κ2) is 5.01. The molecule has 2 nitrogen and oxygen atoms in total. The molecule has 0 radical (unpaired) electrons. The van der Waals surface area contributed by atoms with Crippen molar-refractivity contribution in [2.45, 2.75) is 33.2 Å². The summed E-state index contributed by atoms with van der Waals surface area (Å²) in [6.07, 6.45) is 1.05. The third-order valence-electron chi connectivity index (χ3n) is 2.16. The molecule has 1 unspecified atom stereocenters. The summed E-state index contributed by atoms with van der Waals surface area (Å²) in [5, 5.41) is 3.23. The van der Waals surface area contributed by atoms with Crippen LogP contribution in [0.5, 0.6) is 0 Å². The molecule has 0 aliphatic heterocycles. The van der Waals surface area contributed by atoms with Crippen LogP contribution in [0.2, 0.25) is 0 Å². The van der Waals surface area contributed by atoms with Crippen LogP contribution >= 0.6 is 0 Å². The van der Waals surface area contributed by atoms with Gasteiger partial charge in [-0.05, 0) is 37.5 Å². The third kappa shape index (κ3) is 4.19. The number of halogens is 1. The van der Waals surface area contributed by atoms with E-state index in [0.29, 0.717) is 17.6 Å². The van der Waals surface area contributed by atoms with Gasteiger partial charge in [0.15, 0.2) is 0 Å². The van der Waals surface area contributed by atoms with Gasteiger partial charge in [0.25, 0.3) is 0 Å². The highest BCUT2D eigenvalue weighted by Gasteiger charge is 2.05. The Morgan fingerprint density at radius 1 is 1.27 bits per heavy atom. The van der Waals surface area contributed by atoms with Crippen LogP contribution in [0.3, 0.4) is 0 Å². The first-order chi connectivity index (χ1) is 6.97. The van der Waals surface area contributed by atoms with Gasteiger partial charge in [-0.3, -0.25) is 0 Å². The molecule has 0 aromatic heterocycles. The fraction of sp³-hybridized carbons (Fsp3) is 0.500. The highest BCUT2D eigenvalue weighted by atomic mass is 19.1. The number of rotatable bonds is 4. The van der Waals surface area contributed by atoms with Crippen LogP contribution in [0.15, 0.2) is 18.2 Å². The average Bonchev–Trinajstić information content (AvgIpc) is 1.98. The number of hydrogen-bond acceptors (Lipinski definition) is 2. The van der Waals surface area contributed by atoms with Gasteiger partial charge < -0.3 is 11.1 Å². The van der Waals surface area contributed by atoms with Crippen LogP contribution in [0.4, 0.5) is 15.8 Å². The van der Waals surface area contributed by atoms with E-state index in [2.05, 4.69) is 26.1 Å². The van der Waals surface area contributed by atoms with Gasteiger partial charge in [-0.2, -0.15) is 0 Å². The van der Waals surface area contributed by atoms with Crippen LogP contribution in [-0.4, -0.2) is 6.04 Å². The molecule has 15 heavy (non-hydrogen) atoms. The van der Waals surface area contributed by atoms with Crippen molar-refractivity contribution in [2.75, 3.05) is 11.1 Å². The predicted octanol–water partition coefficient (Wildman–Crippen LogP) is 3.25. The lowest BCUT2D eigenvalue weighted by atomic mass is 10.1. The van der Waals surface area contributed by atoms with Crippen LogP contribution in [0.25, 0.3) is 0 Å². The van der Waals surface area contributed by atoms with Crippen LogP contribution in [-0.2, 0) is 0 Å². The van der Waals surface area contributed by atoms with Gasteiger partial charge in [0.1, 0.15) is 5.82 Å². The molecule has 0 heterocycles.